The van der Waals surface area contributed by atoms with Crippen LogP contribution in [-0.2, 0) is 0 Å². The standard InChI is InChI=1S/C14H10ClN3O2/c1-8-4-2-6-10(15)13(8)18-11-7-3-5-9(14(19)20)12(11)16-17-18/h2-7H,1H3,(H,19,20). The van der Waals surface area contributed by atoms with Crippen molar-refractivity contribution < 1.29 is 9.90 Å². The van der Waals surface area contributed by atoms with E-state index < -0.39 is 5.97 Å². The van der Waals surface area contributed by atoms with Crippen molar-refractivity contribution in [1.29, 1.82) is 0 Å². The molecule has 1 heterocycles. The summed E-state index contributed by atoms with van der Waals surface area (Å²) < 4.78 is 1.57. The van der Waals surface area contributed by atoms with E-state index in [0.29, 0.717) is 21.7 Å². The number of aromatic carboxylic acids is 1. The van der Waals surface area contributed by atoms with Crippen molar-refractivity contribution in [3.63, 3.8) is 0 Å². The fraction of sp³-hybridized carbons (Fsp3) is 0.0714. The van der Waals surface area contributed by atoms with Crippen LogP contribution in [0.15, 0.2) is 36.4 Å². The zero-order valence-electron chi connectivity index (χ0n) is 10.5. The monoisotopic (exact) mass is 287 g/mol. The van der Waals surface area contributed by atoms with E-state index in [1.54, 1.807) is 22.9 Å². The minimum absolute atomic E-state index is 0.124. The Morgan fingerprint density at radius 3 is 2.70 bits per heavy atom. The number of carboxylic acid groups (broad SMARTS) is 1. The number of fused-ring (bicyclic) bond motifs is 1. The zero-order chi connectivity index (χ0) is 14.3. The molecule has 0 bridgehead atoms. The van der Waals surface area contributed by atoms with E-state index in [-0.39, 0.29) is 5.56 Å². The van der Waals surface area contributed by atoms with E-state index in [0.717, 1.165) is 5.56 Å². The first kappa shape index (κ1) is 12.6. The second-order valence-corrected chi connectivity index (χ2v) is 4.79. The van der Waals surface area contributed by atoms with E-state index in [1.807, 2.05) is 19.1 Å². The summed E-state index contributed by atoms with van der Waals surface area (Å²) in [5, 5.41) is 17.7. The average molecular weight is 288 g/mol. The Hall–Kier alpha value is -2.40. The third-order valence-corrected chi connectivity index (χ3v) is 3.41. The predicted molar refractivity (Wildman–Crippen MR) is 75.6 cm³/mol. The lowest BCUT2D eigenvalue weighted by Gasteiger charge is -2.08. The van der Waals surface area contributed by atoms with Crippen molar-refractivity contribution in [3.8, 4) is 5.69 Å². The SMILES string of the molecule is Cc1cccc(Cl)c1-n1nnc2c(C(=O)O)cccc21. The van der Waals surface area contributed by atoms with Gasteiger partial charge in [-0.1, -0.05) is 35.0 Å². The van der Waals surface area contributed by atoms with Crippen molar-refractivity contribution in [2.45, 2.75) is 6.92 Å². The number of carbonyl (C=O) groups is 1. The highest BCUT2D eigenvalue weighted by molar-refractivity contribution is 6.32. The maximum absolute atomic E-state index is 11.2. The summed E-state index contributed by atoms with van der Waals surface area (Å²) >= 11 is 6.22. The summed E-state index contributed by atoms with van der Waals surface area (Å²) in [7, 11) is 0. The Morgan fingerprint density at radius 2 is 2.00 bits per heavy atom. The van der Waals surface area contributed by atoms with Gasteiger partial charge in [0, 0.05) is 0 Å². The molecular formula is C14H10ClN3O2. The van der Waals surface area contributed by atoms with Crippen molar-refractivity contribution in [1.82, 2.24) is 15.0 Å². The number of hydrogen-bond donors (Lipinski definition) is 1. The number of benzene rings is 2. The Balaban J connectivity index is 2.34. The van der Waals surface area contributed by atoms with Gasteiger partial charge in [0.25, 0.3) is 0 Å². The van der Waals surface area contributed by atoms with Gasteiger partial charge >= 0.3 is 5.97 Å². The van der Waals surface area contributed by atoms with E-state index in [2.05, 4.69) is 10.3 Å². The summed E-state index contributed by atoms with van der Waals surface area (Å²) in [5.41, 5.74) is 2.73. The van der Waals surface area contributed by atoms with Gasteiger partial charge < -0.3 is 5.11 Å². The van der Waals surface area contributed by atoms with Crippen LogP contribution < -0.4 is 0 Å². The number of carboxylic acids is 1. The largest absolute Gasteiger partial charge is 0.478 e. The fourth-order valence-corrected chi connectivity index (χ4v) is 2.48. The molecule has 0 spiro atoms. The minimum Gasteiger partial charge on any atom is -0.478 e. The summed E-state index contributed by atoms with van der Waals surface area (Å²) in [6.07, 6.45) is 0. The van der Waals surface area contributed by atoms with Crippen LogP contribution in [0.25, 0.3) is 16.7 Å². The van der Waals surface area contributed by atoms with Gasteiger partial charge in [-0.25, -0.2) is 9.48 Å². The van der Waals surface area contributed by atoms with E-state index >= 15 is 0 Å². The molecule has 0 saturated heterocycles. The van der Waals surface area contributed by atoms with Gasteiger partial charge in [-0.05, 0) is 30.7 Å². The van der Waals surface area contributed by atoms with Crippen LogP contribution in [-0.4, -0.2) is 26.1 Å². The molecule has 0 atom stereocenters. The second-order valence-electron chi connectivity index (χ2n) is 4.39. The molecule has 100 valence electrons. The zero-order valence-corrected chi connectivity index (χ0v) is 11.3. The van der Waals surface area contributed by atoms with Gasteiger partial charge in [0.05, 0.1) is 21.8 Å². The predicted octanol–water partition coefficient (Wildman–Crippen LogP) is 3.08. The van der Waals surface area contributed by atoms with Crippen LogP contribution in [0, 0.1) is 6.92 Å². The van der Waals surface area contributed by atoms with Gasteiger partial charge in [0.1, 0.15) is 5.52 Å². The maximum atomic E-state index is 11.2. The van der Waals surface area contributed by atoms with Gasteiger partial charge in [0.2, 0.25) is 0 Å². The molecule has 0 radical (unpaired) electrons. The molecule has 3 aromatic rings. The van der Waals surface area contributed by atoms with Crippen molar-refractivity contribution in [2.24, 2.45) is 0 Å². The molecule has 5 nitrogen and oxygen atoms in total. The minimum atomic E-state index is -1.03. The molecule has 1 aromatic heterocycles. The van der Waals surface area contributed by atoms with Crippen LogP contribution in [0.1, 0.15) is 15.9 Å². The summed E-state index contributed by atoms with van der Waals surface area (Å²) in [6, 6.07) is 10.5. The third-order valence-electron chi connectivity index (χ3n) is 3.11. The van der Waals surface area contributed by atoms with Crippen LogP contribution in [0.5, 0.6) is 0 Å². The Kier molecular flexibility index (Phi) is 2.91. The Labute approximate surface area is 119 Å². The van der Waals surface area contributed by atoms with E-state index in [1.165, 1.54) is 6.07 Å². The lowest BCUT2D eigenvalue weighted by molar-refractivity contribution is 0.0699. The van der Waals surface area contributed by atoms with Crippen LogP contribution in [0.3, 0.4) is 0 Å². The number of nitrogens with zero attached hydrogens (tertiary/aromatic N) is 3. The molecule has 20 heavy (non-hydrogen) atoms. The maximum Gasteiger partial charge on any atom is 0.338 e. The van der Waals surface area contributed by atoms with E-state index in [9.17, 15) is 4.79 Å². The van der Waals surface area contributed by atoms with Crippen molar-refractivity contribution in [2.75, 3.05) is 0 Å². The Bertz CT molecular complexity index is 806. The summed E-state index contributed by atoms with van der Waals surface area (Å²) in [4.78, 5) is 11.2. The number of aromatic nitrogens is 3. The molecule has 0 unspecified atom stereocenters. The average Bonchev–Trinajstić information content (AvgIpc) is 2.82. The number of halogens is 1. The first-order valence-electron chi connectivity index (χ1n) is 5.93. The quantitative estimate of drug-likeness (QED) is 0.786. The molecule has 3 rings (SSSR count). The molecule has 6 heteroatoms. The number of rotatable bonds is 2. The fourth-order valence-electron chi connectivity index (χ4n) is 2.17. The highest BCUT2D eigenvalue weighted by atomic mass is 35.5. The second kappa shape index (κ2) is 4.61. The van der Waals surface area contributed by atoms with Gasteiger partial charge in [0.15, 0.2) is 0 Å². The van der Waals surface area contributed by atoms with Crippen LogP contribution in [0.4, 0.5) is 0 Å². The summed E-state index contributed by atoms with van der Waals surface area (Å²) in [5.74, 6) is -1.03. The van der Waals surface area contributed by atoms with Crippen molar-refractivity contribution >= 4 is 28.6 Å². The topological polar surface area (TPSA) is 68.0 Å². The van der Waals surface area contributed by atoms with Crippen molar-refractivity contribution in [3.05, 3.63) is 52.5 Å². The molecule has 0 saturated carbocycles. The Morgan fingerprint density at radius 1 is 1.25 bits per heavy atom. The smallest absolute Gasteiger partial charge is 0.338 e. The molecule has 0 aliphatic carbocycles. The van der Waals surface area contributed by atoms with Gasteiger partial charge in [-0.15, -0.1) is 5.10 Å². The third kappa shape index (κ3) is 1.83. The normalized spacial score (nSPS) is 10.9. The lowest BCUT2D eigenvalue weighted by Crippen LogP contribution is -2.01. The van der Waals surface area contributed by atoms with Gasteiger partial charge in [-0.2, -0.15) is 0 Å². The number of hydrogen-bond acceptors (Lipinski definition) is 3. The lowest BCUT2D eigenvalue weighted by atomic mass is 10.1. The first-order chi connectivity index (χ1) is 9.59. The summed E-state index contributed by atoms with van der Waals surface area (Å²) in [6.45, 7) is 1.91. The molecule has 0 aliphatic rings. The van der Waals surface area contributed by atoms with Crippen LogP contribution in [0.2, 0.25) is 5.02 Å². The van der Waals surface area contributed by atoms with Gasteiger partial charge in [-0.3, -0.25) is 0 Å². The molecule has 0 fully saturated rings. The van der Waals surface area contributed by atoms with Crippen LogP contribution >= 0.6 is 11.6 Å². The highest BCUT2D eigenvalue weighted by Gasteiger charge is 2.16. The molecule has 0 amide bonds. The number of para-hydroxylation sites is 1. The molecule has 1 N–H and O–H groups in total. The first-order valence-corrected chi connectivity index (χ1v) is 6.30. The molecule has 0 aliphatic heterocycles. The highest BCUT2D eigenvalue weighted by Crippen LogP contribution is 2.27. The van der Waals surface area contributed by atoms with E-state index in [4.69, 9.17) is 16.7 Å². The number of aryl methyl sites for hydroxylation is 1. The molecular weight excluding hydrogens is 278 g/mol. The molecule has 2 aromatic carbocycles.